The summed E-state index contributed by atoms with van der Waals surface area (Å²) in [5.41, 5.74) is 0.845. The van der Waals surface area contributed by atoms with Gasteiger partial charge in [-0.2, -0.15) is 0 Å². The molecule has 1 aliphatic rings. The van der Waals surface area contributed by atoms with Crippen molar-refractivity contribution in [3.05, 3.63) is 115 Å². The first kappa shape index (κ1) is 24.9. The highest BCUT2D eigenvalue weighted by Crippen LogP contribution is 2.21. The van der Waals surface area contributed by atoms with Crippen molar-refractivity contribution in [2.45, 2.75) is 25.6 Å². The van der Waals surface area contributed by atoms with Crippen molar-refractivity contribution in [3.63, 3.8) is 0 Å². The first-order chi connectivity index (χ1) is 17.8. The number of likely N-dealkylation sites (tertiary alicyclic amines) is 1. The maximum absolute atomic E-state index is 13.7. The average molecular weight is 525 g/mol. The molecule has 1 aliphatic heterocycles. The van der Waals surface area contributed by atoms with Gasteiger partial charge in [0, 0.05) is 25.7 Å². The van der Waals surface area contributed by atoms with Gasteiger partial charge in [0.25, 0.3) is 11.5 Å². The number of carbonyl (C=O) groups excluding carboxylic acids is 1. The number of fused-ring (bicyclic) bond motifs is 1. The number of nitrogens with one attached hydrogen (secondary N) is 2. The number of amides is 1. The van der Waals surface area contributed by atoms with Crippen molar-refractivity contribution in [3.8, 4) is 0 Å². The number of hydrogen-bond acceptors (Lipinski definition) is 4. The van der Waals surface area contributed by atoms with Crippen molar-refractivity contribution >= 4 is 28.4 Å². The van der Waals surface area contributed by atoms with Crippen molar-refractivity contribution in [1.29, 1.82) is 0 Å². The summed E-state index contributed by atoms with van der Waals surface area (Å²) in [4.78, 5) is 42.1. The molecule has 0 radical (unpaired) electrons. The minimum absolute atomic E-state index is 0.0457. The third-order valence-electron chi connectivity index (χ3n) is 6.50. The minimum Gasteiger partial charge on any atom is -0.348 e. The maximum atomic E-state index is 13.7. The number of aromatic nitrogens is 2. The van der Waals surface area contributed by atoms with Gasteiger partial charge in [0.2, 0.25) is 0 Å². The molecule has 1 atom stereocenters. The van der Waals surface area contributed by atoms with Crippen LogP contribution in [0.4, 0.5) is 8.78 Å². The van der Waals surface area contributed by atoms with Crippen LogP contribution < -0.4 is 16.6 Å². The summed E-state index contributed by atoms with van der Waals surface area (Å²) in [5.74, 6) is -1.19. The molecule has 1 aromatic heterocycles. The quantitative estimate of drug-likeness (QED) is 0.403. The summed E-state index contributed by atoms with van der Waals surface area (Å²) < 4.78 is 28.1. The van der Waals surface area contributed by atoms with E-state index in [4.69, 9.17) is 11.6 Å². The smallest absolute Gasteiger partial charge is 0.329 e. The van der Waals surface area contributed by atoms with E-state index in [0.29, 0.717) is 18.7 Å². The van der Waals surface area contributed by atoms with E-state index >= 15 is 0 Å². The lowest BCUT2D eigenvalue weighted by molar-refractivity contribution is 0.0937. The van der Waals surface area contributed by atoms with Crippen LogP contribution in [0.15, 0.2) is 70.3 Å². The van der Waals surface area contributed by atoms with Crippen LogP contribution in [0.1, 0.15) is 27.9 Å². The van der Waals surface area contributed by atoms with Gasteiger partial charge < -0.3 is 5.32 Å². The lowest BCUT2D eigenvalue weighted by Crippen LogP contribution is -2.37. The minimum atomic E-state index is -0.669. The van der Waals surface area contributed by atoms with Gasteiger partial charge in [-0.3, -0.25) is 24.0 Å². The molecule has 2 heterocycles. The van der Waals surface area contributed by atoms with Gasteiger partial charge in [0.15, 0.2) is 0 Å². The molecular weight excluding hydrogens is 502 g/mol. The van der Waals surface area contributed by atoms with Crippen molar-refractivity contribution in [2.24, 2.45) is 0 Å². The van der Waals surface area contributed by atoms with E-state index in [0.717, 1.165) is 24.6 Å². The summed E-state index contributed by atoms with van der Waals surface area (Å²) >= 11 is 6.33. The second kappa shape index (κ2) is 10.3. The number of halogens is 3. The highest BCUT2D eigenvalue weighted by molar-refractivity contribution is 6.33. The molecule has 0 saturated carbocycles. The van der Waals surface area contributed by atoms with Gasteiger partial charge >= 0.3 is 5.69 Å². The number of aromatic amines is 1. The Bertz CT molecular complexity index is 1600. The Labute approximate surface area is 215 Å². The molecule has 0 aliphatic carbocycles. The summed E-state index contributed by atoms with van der Waals surface area (Å²) in [6.07, 6.45) is 0.763. The van der Waals surface area contributed by atoms with Crippen LogP contribution in [-0.4, -0.2) is 39.5 Å². The topological polar surface area (TPSA) is 87.2 Å². The molecule has 1 unspecified atom stereocenters. The number of hydrogen-bond donors (Lipinski definition) is 2. The molecule has 0 spiro atoms. The number of carbonyl (C=O) groups is 1. The fraction of sp³-hybridized carbons (Fsp3) is 0.222. The van der Waals surface area contributed by atoms with Crippen molar-refractivity contribution in [2.75, 3.05) is 13.1 Å². The van der Waals surface area contributed by atoms with Crippen LogP contribution in [-0.2, 0) is 13.1 Å². The Kier molecular flexibility index (Phi) is 6.90. The molecule has 0 bridgehead atoms. The summed E-state index contributed by atoms with van der Waals surface area (Å²) in [6, 6.07) is 14.8. The first-order valence-electron chi connectivity index (χ1n) is 11.8. The molecule has 190 valence electrons. The second-order valence-corrected chi connectivity index (χ2v) is 9.55. The fourth-order valence-corrected chi connectivity index (χ4v) is 4.86. The van der Waals surface area contributed by atoms with E-state index in [1.807, 2.05) is 0 Å². The van der Waals surface area contributed by atoms with Crippen LogP contribution in [0.5, 0.6) is 0 Å². The molecule has 5 rings (SSSR count). The standard InChI is InChI=1S/C27H23ClF2N4O3/c28-23-7-3-17(14-34-24-8-6-19(30)12-22(24)26(36)32-27(34)37)11-21(23)25(35)31-20-9-10-33(15-20)13-16-1-4-18(29)5-2-16/h1-8,11-12,20H,9-10,13-15H2,(H,31,35)(H,32,36,37). The van der Waals surface area contributed by atoms with Gasteiger partial charge in [-0.1, -0.05) is 29.8 Å². The van der Waals surface area contributed by atoms with Gasteiger partial charge in [-0.25, -0.2) is 13.6 Å². The largest absolute Gasteiger partial charge is 0.348 e. The van der Waals surface area contributed by atoms with E-state index in [2.05, 4.69) is 15.2 Å². The predicted octanol–water partition coefficient (Wildman–Crippen LogP) is 3.67. The molecular formula is C27H23ClF2N4O3. The van der Waals surface area contributed by atoms with Crippen molar-refractivity contribution in [1.82, 2.24) is 19.8 Å². The number of rotatable bonds is 6. The van der Waals surface area contributed by atoms with Gasteiger partial charge in [0.1, 0.15) is 11.6 Å². The molecule has 2 N–H and O–H groups in total. The molecule has 7 nitrogen and oxygen atoms in total. The van der Waals surface area contributed by atoms with Gasteiger partial charge in [-0.15, -0.1) is 0 Å². The molecule has 10 heteroatoms. The van der Waals surface area contributed by atoms with E-state index in [1.54, 1.807) is 30.3 Å². The fourth-order valence-electron chi connectivity index (χ4n) is 4.66. The van der Waals surface area contributed by atoms with E-state index < -0.39 is 17.1 Å². The van der Waals surface area contributed by atoms with Crippen LogP contribution in [0.3, 0.4) is 0 Å². The van der Waals surface area contributed by atoms with Crippen LogP contribution in [0.25, 0.3) is 10.9 Å². The number of benzene rings is 3. The normalized spacial score (nSPS) is 15.8. The Morgan fingerprint density at radius 2 is 1.70 bits per heavy atom. The predicted molar refractivity (Wildman–Crippen MR) is 137 cm³/mol. The highest BCUT2D eigenvalue weighted by Gasteiger charge is 2.25. The van der Waals surface area contributed by atoms with Crippen molar-refractivity contribution < 1.29 is 13.6 Å². The molecule has 1 saturated heterocycles. The van der Waals surface area contributed by atoms with Crippen LogP contribution >= 0.6 is 11.6 Å². The van der Waals surface area contributed by atoms with E-state index in [-0.39, 0.29) is 45.8 Å². The Morgan fingerprint density at radius 1 is 0.973 bits per heavy atom. The molecule has 37 heavy (non-hydrogen) atoms. The van der Waals surface area contributed by atoms with Gasteiger partial charge in [0.05, 0.1) is 28.0 Å². The Morgan fingerprint density at radius 3 is 2.49 bits per heavy atom. The highest BCUT2D eigenvalue weighted by atomic mass is 35.5. The monoisotopic (exact) mass is 524 g/mol. The second-order valence-electron chi connectivity index (χ2n) is 9.14. The Hall–Kier alpha value is -3.82. The lowest BCUT2D eigenvalue weighted by atomic mass is 10.1. The van der Waals surface area contributed by atoms with Crippen LogP contribution in [0, 0.1) is 11.6 Å². The van der Waals surface area contributed by atoms with Crippen LogP contribution in [0.2, 0.25) is 5.02 Å². The summed E-state index contributed by atoms with van der Waals surface area (Å²) in [6.45, 7) is 2.15. The van der Waals surface area contributed by atoms with Gasteiger partial charge in [-0.05, 0) is 60.0 Å². The zero-order valence-electron chi connectivity index (χ0n) is 19.6. The molecule has 1 amide bonds. The lowest BCUT2D eigenvalue weighted by Gasteiger charge is -2.17. The molecule has 3 aromatic carbocycles. The summed E-state index contributed by atoms with van der Waals surface area (Å²) in [5, 5.41) is 3.34. The Balaban J connectivity index is 1.31. The third-order valence-corrected chi connectivity index (χ3v) is 6.83. The molecule has 1 fully saturated rings. The zero-order chi connectivity index (χ0) is 26.1. The number of H-pyrrole nitrogens is 1. The third kappa shape index (κ3) is 5.47. The SMILES string of the molecule is O=C(NC1CCN(Cc2ccc(F)cc2)C1)c1cc(Cn2c(=O)[nH]c(=O)c3cc(F)ccc32)ccc1Cl. The average Bonchev–Trinajstić information content (AvgIpc) is 3.30. The number of nitrogens with zero attached hydrogens (tertiary/aromatic N) is 2. The summed E-state index contributed by atoms with van der Waals surface area (Å²) in [7, 11) is 0. The zero-order valence-corrected chi connectivity index (χ0v) is 20.4. The maximum Gasteiger partial charge on any atom is 0.329 e. The molecule has 4 aromatic rings. The van der Waals surface area contributed by atoms with E-state index in [9.17, 15) is 23.2 Å². The first-order valence-corrected chi connectivity index (χ1v) is 12.1. The van der Waals surface area contributed by atoms with E-state index in [1.165, 1.54) is 28.8 Å².